The van der Waals surface area contributed by atoms with E-state index < -0.39 is 0 Å². The lowest BCUT2D eigenvalue weighted by molar-refractivity contribution is 0.0940. The Labute approximate surface area is 119 Å². The van der Waals surface area contributed by atoms with Gasteiger partial charge in [0.05, 0.1) is 6.04 Å². The van der Waals surface area contributed by atoms with Crippen LogP contribution in [-0.4, -0.2) is 5.91 Å². The molecule has 0 radical (unpaired) electrons. The second kappa shape index (κ2) is 5.97. The van der Waals surface area contributed by atoms with Crippen LogP contribution in [-0.2, 0) is 0 Å². The molecule has 0 heterocycles. The number of rotatable bonds is 3. The predicted octanol–water partition coefficient (Wildman–Crippen LogP) is 4.08. The summed E-state index contributed by atoms with van der Waals surface area (Å²) < 4.78 is 13.8. The summed E-state index contributed by atoms with van der Waals surface area (Å²) in [4.78, 5) is 12.0. The smallest absolute Gasteiger partial charge is 0.251 e. The molecular weight excluding hydrogens is 309 g/mol. The van der Waals surface area contributed by atoms with Crippen molar-refractivity contribution in [3.8, 4) is 0 Å². The molecule has 2 nitrogen and oxygen atoms in total. The Bertz CT molecular complexity index is 566. The van der Waals surface area contributed by atoms with Crippen molar-refractivity contribution >= 4 is 21.8 Å². The molecule has 0 saturated heterocycles. The standard InChI is InChI=1S/C15H13BrFNO/c1-10(11-4-8-14(17)9-5-11)18-15(19)12-2-6-13(16)7-3-12/h2-10H,1H3,(H,18,19)/t10-/m1/s1. The van der Waals surface area contributed by atoms with Gasteiger partial charge in [0, 0.05) is 10.0 Å². The lowest BCUT2D eigenvalue weighted by Crippen LogP contribution is -2.26. The highest BCUT2D eigenvalue weighted by Crippen LogP contribution is 2.15. The summed E-state index contributed by atoms with van der Waals surface area (Å²) in [6.45, 7) is 1.87. The van der Waals surface area contributed by atoms with Crippen molar-refractivity contribution in [2.24, 2.45) is 0 Å². The third kappa shape index (κ3) is 3.64. The van der Waals surface area contributed by atoms with E-state index in [0.717, 1.165) is 10.0 Å². The van der Waals surface area contributed by atoms with Crippen LogP contribution in [0, 0.1) is 5.82 Å². The van der Waals surface area contributed by atoms with Gasteiger partial charge in [0.15, 0.2) is 0 Å². The van der Waals surface area contributed by atoms with E-state index in [2.05, 4.69) is 21.2 Å². The van der Waals surface area contributed by atoms with Crippen LogP contribution in [0.5, 0.6) is 0 Å². The molecule has 0 aromatic heterocycles. The average molecular weight is 322 g/mol. The van der Waals surface area contributed by atoms with Crippen molar-refractivity contribution < 1.29 is 9.18 Å². The van der Waals surface area contributed by atoms with Gasteiger partial charge in [-0.1, -0.05) is 28.1 Å². The molecule has 98 valence electrons. The summed E-state index contributed by atoms with van der Waals surface area (Å²) in [5.41, 5.74) is 1.46. The molecule has 0 spiro atoms. The minimum absolute atomic E-state index is 0.149. The number of halogens is 2. The zero-order chi connectivity index (χ0) is 13.8. The van der Waals surface area contributed by atoms with Gasteiger partial charge in [0.2, 0.25) is 0 Å². The summed E-state index contributed by atoms with van der Waals surface area (Å²) in [5.74, 6) is -0.431. The van der Waals surface area contributed by atoms with Crippen LogP contribution in [0.3, 0.4) is 0 Å². The van der Waals surface area contributed by atoms with Gasteiger partial charge in [0.1, 0.15) is 5.82 Å². The van der Waals surface area contributed by atoms with E-state index in [1.807, 2.05) is 19.1 Å². The topological polar surface area (TPSA) is 29.1 Å². The van der Waals surface area contributed by atoms with E-state index in [0.29, 0.717) is 5.56 Å². The van der Waals surface area contributed by atoms with E-state index in [1.165, 1.54) is 12.1 Å². The number of carbonyl (C=O) groups excluding carboxylic acids is 1. The molecule has 1 atom stereocenters. The first-order valence-electron chi connectivity index (χ1n) is 5.88. The first-order valence-corrected chi connectivity index (χ1v) is 6.67. The second-order valence-corrected chi connectivity index (χ2v) is 5.17. The van der Waals surface area contributed by atoms with Crippen molar-refractivity contribution in [1.82, 2.24) is 5.32 Å². The van der Waals surface area contributed by atoms with Crippen molar-refractivity contribution in [2.75, 3.05) is 0 Å². The highest BCUT2D eigenvalue weighted by Gasteiger charge is 2.11. The van der Waals surface area contributed by atoms with Gasteiger partial charge < -0.3 is 5.32 Å². The summed E-state index contributed by atoms with van der Waals surface area (Å²) in [5, 5.41) is 2.87. The average Bonchev–Trinajstić information content (AvgIpc) is 2.40. The number of hydrogen-bond acceptors (Lipinski definition) is 1. The van der Waals surface area contributed by atoms with Crippen LogP contribution >= 0.6 is 15.9 Å². The molecule has 0 aliphatic heterocycles. The van der Waals surface area contributed by atoms with Crippen molar-refractivity contribution in [2.45, 2.75) is 13.0 Å². The molecule has 1 amide bonds. The number of amides is 1. The largest absolute Gasteiger partial charge is 0.346 e. The Hall–Kier alpha value is -1.68. The Morgan fingerprint density at radius 3 is 2.26 bits per heavy atom. The molecule has 1 N–H and O–H groups in total. The lowest BCUT2D eigenvalue weighted by atomic mass is 10.1. The normalized spacial score (nSPS) is 11.9. The molecule has 0 aliphatic rings. The molecule has 4 heteroatoms. The third-order valence-corrected chi connectivity index (χ3v) is 3.35. The highest BCUT2D eigenvalue weighted by atomic mass is 79.9. The predicted molar refractivity (Wildman–Crippen MR) is 76.4 cm³/mol. The maximum atomic E-state index is 12.8. The van der Waals surface area contributed by atoms with E-state index in [-0.39, 0.29) is 17.8 Å². The summed E-state index contributed by atoms with van der Waals surface area (Å²) >= 11 is 3.32. The molecule has 0 bridgehead atoms. The minimum atomic E-state index is -0.282. The zero-order valence-electron chi connectivity index (χ0n) is 10.4. The van der Waals surface area contributed by atoms with E-state index >= 15 is 0 Å². The minimum Gasteiger partial charge on any atom is -0.346 e. The first kappa shape index (κ1) is 13.7. The van der Waals surface area contributed by atoms with Crippen LogP contribution in [0.25, 0.3) is 0 Å². The maximum Gasteiger partial charge on any atom is 0.251 e. The van der Waals surface area contributed by atoms with Gasteiger partial charge in [-0.05, 0) is 48.9 Å². The molecule has 2 aromatic rings. The van der Waals surface area contributed by atoms with Gasteiger partial charge in [-0.25, -0.2) is 4.39 Å². The fourth-order valence-electron chi connectivity index (χ4n) is 1.72. The molecule has 19 heavy (non-hydrogen) atoms. The van der Waals surface area contributed by atoms with Gasteiger partial charge >= 0.3 is 0 Å². The van der Waals surface area contributed by atoms with Crippen LogP contribution in [0.4, 0.5) is 4.39 Å². The molecule has 0 aliphatic carbocycles. The van der Waals surface area contributed by atoms with E-state index in [1.54, 1.807) is 24.3 Å². The summed E-state index contributed by atoms with van der Waals surface area (Å²) in [6, 6.07) is 13.1. The quantitative estimate of drug-likeness (QED) is 0.906. The SMILES string of the molecule is C[C@@H](NC(=O)c1ccc(Br)cc1)c1ccc(F)cc1. The highest BCUT2D eigenvalue weighted by molar-refractivity contribution is 9.10. The zero-order valence-corrected chi connectivity index (χ0v) is 11.9. The lowest BCUT2D eigenvalue weighted by Gasteiger charge is -2.14. The Kier molecular flexibility index (Phi) is 4.32. The maximum absolute atomic E-state index is 12.8. The Morgan fingerprint density at radius 1 is 1.11 bits per heavy atom. The van der Waals surface area contributed by atoms with Crippen molar-refractivity contribution in [3.63, 3.8) is 0 Å². The fourth-order valence-corrected chi connectivity index (χ4v) is 1.98. The first-order chi connectivity index (χ1) is 9.06. The van der Waals surface area contributed by atoms with Crippen LogP contribution in [0.1, 0.15) is 28.9 Å². The van der Waals surface area contributed by atoms with E-state index in [4.69, 9.17) is 0 Å². The molecule has 0 saturated carbocycles. The number of carbonyl (C=O) groups is 1. The molecule has 0 fully saturated rings. The van der Waals surface area contributed by atoms with Crippen molar-refractivity contribution in [1.29, 1.82) is 0 Å². The van der Waals surface area contributed by atoms with Gasteiger partial charge in [0.25, 0.3) is 5.91 Å². The molecular formula is C15H13BrFNO. The number of hydrogen-bond donors (Lipinski definition) is 1. The van der Waals surface area contributed by atoms with Gasteiger partial charge in [-0.2, -0.15) is 0 Å². The third-order valence-electron chi connectivity index (χ3n) is 2.82. The number of benzene rings is 2. The second-order valence-electron chi connectivity index (χ2n) is 4.25. The van der Waals surface area contributed by atoms with Crippen molar-refractivity contribution in [3.05, 3.63) is 69.9 Å². The Morgan fingerprint density at radius 2 is 1.68 bits per heavy atom. The number of nitrogens with one attached hydrogen (secondary N) is 1. The monoisotopic (exact) mass is 321 g/mol. The van der Waals surface area contributed by atoms with Crippen LogP contribution in [0.15, 0.2) is 53.0 Å². The summed E-state index contributed by atoms with van der Waals surface area (Å²) in [7, 11) is 0. The Balaban J connectivity index is 2.06. The van der Waals surface area contributed by atoms with Gasteiger partial charge in [-0.3, -0.25) is 4.79 Å². The van der Waals surface area contributed by atoms with E-state index in [9.17, 15) is 9.18 Å². The molecule has 2 rings (SSSR count). The van der Waals surface area contributed by atoms with Crippen LogP contribution in [0.2, 0.25) is 0 Å². The summed E-state index contributed by atoms with van der Waals surface area (Å²) in [6.07, 6.45) is 0. The molecule has 2 aromatic carbocycles. The fraction of sp³-hybridized carbons (Fsp3) is 0.133. The molecule has 0 unspecified atom stereocenters. The van der Waals surface area contributed by atoms with Gasteiger partial charge in [-0.15, -0.1) is 0 Å². The van der Waals surface area contributed by atoms with Crippen LogP contribution < -0.4 is 5.32 Å².